The van der Waals surface area contributed by atoms with Crippen molar-refractivity contribution in [1.29, 1.82) is 0 Å². The number of ether oxygens (including phenoxy) is 1. The van der Waals surface area contributed by atoms with Crippen molar-refractivity contribution in [3.05, 3.63) is 87.1 Å². The molecular formula is C29H30N2O5. The largest absolute Gasteiger partial charge is 0.462 e. The normalized spacial score (nSPS) is 24.6. The molecule has 0 bridgehead atoms. The molecule has 2 aromatic rings. The van der Waals surface area contributed by atoms with Gasteiger partial charge in [0.2, 0.25) is 0 Å². The summed E-state index contributed by atoms with van der Waals surface area (Å²) in [4.78, 5) is 43.1. The fourth-order valence-corrected chi connectivity index (χ4v) is 5.94. The van der Waals surface area contributed by atoms with E-state index < -0.39 is 22.7 Å². The Bertz CT molecular complexity index is 1240. The maximum absolute atomic E-state index is 13.7. The summed E-state index contributed by atoms with van der Waals surface area (Å²) in [6.45, 7) is 1.80. The van der Waals surface area contributed by atoms with Crippen LogP contribution in [0.3, 0.4) is 0 Å². The van der Waals surface area contributed by atoms with E-state index in [-0.39, 0.29) is 23.5 Å². The molecule has 3 atom stereocenters. The summed E-state index contributed by atoms with van der Waals surface area (Å²) in [6.07, 6.45) is 5.62. The van der Waals surface area contributed by atoms with Crippen LogP contribution in [0.4, 0.5) is 5.69 Å². The van der Waals surface area contributed by atoms with E-state index in [0.29, 0.717) is 35.4 Å². The number of esters is 1. The number of non-ortho nitro benzene ring substituents is 1. The third-order valence-electron chi connectivity index (χ3n) is 7.69. The number of benzene rings is 2. The molecule has 1 heterocycles. The standard InChI is InChI=1S/C29H30N2O5/c1-18-26(29(33)36-23-13-6-3-7-14-23)27(20-11-8-12-22(15-20)31(34)35)28-24(30-18)16-21(17-25(28)32)19-9-4-2-5-10-19/h2,4-5,8-12,15,21,23,26-27H,3,6-7,13-14,16-17H2,1H3/t21-,26?,27+/m1/s1. The molecule has 1 aliphatic heterocycles. The van der Waals surface area contributed by atoms with Crippen LogP contribution in [0, 0.1) is 16.0 Å². The van der Waals surface area contributed by atoms with Gasteiger partial charge in [-0.1, -0.05) is 48.9 Å². The Balaban J connectivity index is 1.55. The summed E-state index contributed by atoms with van der Waals surface area (Å²) in [5, 5.41) is 11.5. The Kier molecular flexibility index (Phi) is 6.81. The van der Waals surface area contributed by atoms with Gasteiger partial charge in [0.05, 0.1) is 4.92 Å². The van der Waals surface area contributed by atoms with Gasteiger partial charge in [0.1, 0.15) is 12.0 Å². The molecule has 1 unspecified atom stereocenters. The van der Waals surface area contributed by atoms with Gasteiger partial charge >= 0.3 is 5.97 Å². The summed E-state index contributed by atoms with van der Waals surface area (Å²) >= 11 is 0. The van der Waals surface area contributed by atoms with Crippen LogP contribution in [0.5, 0.6) is 0 Å². The second-order valence-corrected chi connectivity index (χ2v) is 10.1. The highest BCUT2D eigenvalue weighted by molar-refractivity contribution is 6.09. The fraction of sp³-hybridized carbons (Fsp3) is 0.414. The van der Waals surface area contributed by atoms with Crippen LogP contribution in [0.25, 0.3) is 0 Å². The molecule has 1 fully saturated rings. The summed E-state index contributed by atoms with van der Waals surface area (Å²) in [6, 6.07) is 16.2. The summed E-state index contributed by atoms with van der Waals surface area (Å²) in [7, 11) is 0. The first-order valence-electron chi connectivity index (χ1n) is 12.7. The number of nitrogens with zero attached hydrogens (tertiary/aromatic N) is 2. The number of allylic oxidation sites excluding steroid dienone is 2. The van der Waals surface area contributed by atoms with Crippen LogP contribution in [-0.2, 0) is 14.3 Å². The minimum absolute atomic E-state index is 0.00509. The molecule has 7 heteroatoms. The fourth-order valence-electron chi connectivity index (χ4n) is 5.94. The van der Waals surface area contributed by atoms with Gasteiger partial charge < -0.3 is 4.74 Å². The van der Waals surface area contributed by atoms with E-state index in [1.807, 2.05) is 30.3 Å². The lowest BCUT2D eigenvalue weighted by Crippen LogP contribution is -2.39. The van der Waals surface area contributed by atoms with E-state index in [4.69, 9.17) is 9.73 Å². The maximum atomic E-state index is 13.7. The molecule has 0 radical (unpaired) electrons. The van der Waals surface area contributed by atoms with Crippen molar-refractivity contribution < 1.29 is 19.2 Å². The molecule has 0 aromatic heterocycles. The van der Waals surface area contributed by atoms with Crippen molar-refractivity contribution >= 4 is 23.2 Å². The topological polar surface area (TPSA) is 98.9 Å². The van der Waals surface area contributed by atoms with Crippen molar-refractivity contribution in [3.63, 3.8) is 0 Å². The summed E-state index contributed by atoms with van der Waals surface area (Å²) < 4.78 is 5.95. The highest BCUT2D eigenvalue weighted by Crippen LogP contribution is 2.47. The number of hydrogen-bond donors (Lipinski definition) is 0. The molecule has 186 valence electrons. The number of Topliss-reactive ketones (excluding diaryl/α,β-unsaturated/α-hetero) is 1. The molecule has 36 heavy (non-hydrogen) atoms. The first kappa shape index (κ1) is 24.1. The number of ketones is 1. The smallest absolute Gasteiger partial charge is 0.315 e. The second kappa shape index (κ2) is 10.2. The third kappa shape index (κ3) is 4.74. The van der Waals surface area contributed by atoms with Gasteiger partial charge in [0, 0.05) is 41.5 Å². The molecule has 0 saturated heterocycles. The van der Waals surface area contributed by atoms with Crippen LogP contribution in [0.2, 0.25) is 0 Å². The molecule has 1 saturated carbocycles. The highest BCUT2D eigenvalue weighted by Gasteiger charge is 2.45. The SMILES string of the molecule is CC1=NC2=C(C(=O)C[C@H](c3ccccc3)C2)[C@@H](c2cccc([N+](=O)[O-])c2)C1C(=O)OC1CCCCC1. The zero-order valence-electron chi connectivity index (χ0n) is 20.4. The van der Waals surface area contributed by atoms with Gasteiger partial charge in [-0.3, -0.25) is 24.7 Å². The van der Waals surface area contributed by atoms with E-state index in [1.54, 1.807) is 19.1 Å². The first-order valence-corrected chi connectivity index (χ1v) is 12.7. The van der Waals surface area contributed by atoms with Gasteiger partial charge in [-0.05, 0) is 56.1 Å². The summed E-state index contributed by atoms with van der Waals surface area (Å²) in [5.74, 6) is -1.90. The van der Waals surface area contributed by atoms with E-state index in [2.05, 4.69) is 0 Å². The van der Waals surface area contributed by atoms with Crippen LogP contribution in [0.15, 0.2) is 70.9 Å². The number of aliphatic imine (C=N–C) groups is 1. The number of nitro benzene ring substituents is 1. The molecule has 0 N–H and O–H groups in total. The van der Waals surface area contributed by atoms with Crippen molar-refractivity contribution in [1.82, 2.24) is 0 Å². The quantitative estimate of drug-likeness (QED) is 0.291. The number of nitro groups is 1. The minimum atomic E-state index is -0.787. The number of carbonyl (C=O) groups excluding carboxylic acids is 2. The molecular weight excluding hydrogens is 456 g/mol. The molecule has 2 aromatic carbocycles. The average molecular weight is 487 g/mol. The molecule has 2 aliphatic carbocycles. The predicted molar refractivity (Wildman–Crippen MR) is 136 cm³/mol. The molecule has 0 spiro atoms. The monoisotopic (exact) mass is 486 g/mol. The van der Waals surface area contributed by atoms with Gasteiger partial charge in [-0.25, -0.2) is 0 Å². The van der Waals surface area contributed by atoms with Crippen LogP contribution >= 0.6 is 0 Å². The number of carbonyl (C=O) groups is 2. The number of rotatable bonds is 5. The predicted octanol–water partition coefficient (Wildman–Crippen LogP) is 6.05. The van der Waals surface area contributed by atoms with Gasteiger partial charge in [-0.15, -0.1) is 0 Å². The zero-order chi connectivity index (χ0) is 25.2. The van der Waals surface area contributed by atoms with Crippen molar-refractivity contribution in [3.8, 4) is 0 Å². The molecule has 5 rings (SSSR count). The Labute approximate surface area is 210 Å². The molecule has 0 amide bonds. The Morgan fingerprint density at radius 1 is 1.00 bits per heavy atom. The Morgan fingerprint density at radius 2 is 1.72 bits per heavy atom. The zero-order valence-corrected chi connectivity index (χ0v) is 20.4. The van der Waals surface area contributed by atoms with Crippen LogP contribution < -0.4 is 0 Å². The third-order valence-corrected chi connectivity index (χ3v) is 7.69. The van der Waals surface area contributed by atoms with Gasteiger partial charge in [-0.2, -0.15) is 0 Å². The lowest BCUT2D eigenvalue weighted by Gasteiger charge is -2.37. The summed E-state index contributed by atoms with van der Waals surface area (Å²) in [5.41, 5.74) is 3.35. The number of hydrogen-bond acceptors (Lipinski definition) is 6. The second-order valence-electron chi connectivity index (χ2n) is 10.1. The molecule has 7 nitrogen and oxygen atoms in total. The van der Waals surface area contributed by atoms with E-state index in [0.717, 1.165) is 37.7 Å². The minimum Gasteiger partial charge on any atom is -0.462 e. The highest BCUT2D eigenvalue weighted by atomic mass is 16.6. The maximum Gasteiger partial charge on any atom is 0.315 e. The van der Waals surface area contributed by atoms with Gasteiger partial charge in [0.25, 0.3) is 5.69 Å². The van der Waals surface area contributed by atoms with E-state index >= 15 is 0 Å². The molecule has 3 aliphatic rings. The van der Waals surface area contributed by atoms with Crippen molar-refractivity contribution in [2.75, 3.05) is 0 Å². The lowest BCUT2D eigenvalue weighted by atomic mass is 9.69. The van der Waals surface area contributed by atoms with Crippen molar-refractivity contribution in [2.24, 2.45) is 10.9 Å². The first-order chi connectivity index (χ1) is 17.4. The van der Waals surface area contributed by atoms with Crippen LogP contribution in [-0.4, -0.2) is 28.5 Å². The van der Waals surface area contributed by atoms with E-state index in [1.165, 1.54) is 12.1 Å². The van der Waals surface area contributed by atoms with E-state index in [9.17, 15) is 19.7 Å². The Hall–Kier alpha value is -3.61. The lowest BCUT2D eigenvalue weighted by molar-refractivity contribution is -0.384. The Morgan fingerprint density at radius 3 is 2.44 bits per heavy atom. The van der Waals surface area contributed by atoms with Crippen LogP contribution in [0.1, 0.15) is 74.8 Å². The van der Waals surface area contributed by atoms with Gasteiger partial charge in [0.15, 0.2) is 5.78 Å². The van der Waals surface area contributed by atoms with Crippen molar-refractivity contribution in [2.45, 2.75) is 69.8 Å². The average Bonchev–Trinajstić information content (AvgIpc) is 2.88.